The first kappa shape index (κ1) is 22.1. The maximum atomic E-state index is 5.95. The Bertz CT molecular complexity index is 609. The van der Waals surface area contributed by atoms with Gasteiger partial charge in [0.1, 0.15) is 17.6 Å². The molecular formula is C20H33IN4O2. The lowest BCUT2D eigenvalue weighted by Gasteiger charge is -2.19. The molecule has 1 aliphatic heterocycles. The fourth-order valence-electron chi connectivity index (χ4n) is 3.45. The maximum Gasteiger partial charge on any atom is 0.191 e. The number of nitrogens with one attached hydrogen (secondary N) is 2. The van der Waals surface area contributed by atoms with Gasteiger partial charge < -0.3 is 25.0 Å². The SMILES string of the molecule is CN=C(NCC1CCN(C2CC2)C1)NCC(C)Oc1cccc(OC)c1.I. The van der Waals surface area contributed by atoms with Crippen molar-refractivity contribution in [2.45, 2.75) is 38.3 Å². The van der Waals surface area contributed by atoms with Gasteiger partial charge in [0, 0.05) is 32.2 Å². The van der Waals surface area contributed by atoms with E-state index in [9.17, 15) is 0 Å². The largest absolute Gasteiger partial charge is 0.497 e. The first-order valence-electron chi connectivity index (χ1n) is 9.67. The number of guanidine groups is 1. The first-order valence-corrected chi connectivity index (χ1v) is 9.67. The van der Waals surface area contributed by atoms with Gasteiger partial charge in [0.05, 0.1) is 13.7 Å². The predicted octanol–water partition coefficient (Wildman–Crippen LogP) is 2.73. The van der Waals surface area contributed by atoms with Gasteiger partial charge in [0.15, 0.2) is 5.96 Å². The molecule has 1 saturated heterocycles. The van der Waals surface area contributed by atoms with E-state index in [-0.39, 0.29) is 30.1 Å². The van der Waals surface area contributed by atoms with Crippen LogP contribution in [0.25, 0.3) is 0 Å². The van der Waals surface area contributed by atoms with E-state index in [0.29, 0.717) is 6.54 Å². The number of nitrogens with zero attached hydrogens (tertiary/aromatic N) is 2. The molecule has 2 atom stereocenters. The van der Waals surface area contributed by atoms with Gasteiger partial charge in [-0.2, -0.15) is 0 Å². The average Bonchev–Trinajstić information content (AvgIpc) is 3.40. The van der Waals surface area contributed by atoms with Crippen molar-refractivity contribution in [2.24, 2.45) is 10.9 Å². The Morgan fingerprint density at radius 2 is 2.04 bits per heavy atom. The number of rotatable bonds is 8. The third kappa shape index (κ3) is 7.03. The van der Waals surface area contributed by atoms with Crippen molar-refractivity contribution in [3.8, 4) is 11.5 Å². The Hall–Kier alpha value is -1.22. The number of methoxy groups -OCH3 is 1. The van der Waals surface area contributed by atoms with Crippen LogP contribution in [0.1, 0.15) is 26.2 Å². The highest BCUT2D eigenvalue weighted by Gasteiger charge is 2.34. The third-order valence-electron chi connectivity index (χ3n) is 5.10. The molecule has 1 aliphatic carbocycles. The van der Waals surface area contributed by atoms with E-state index in [2.05, 4.69) is 20.5 Å². The van der Waals surface area contributed by atoms with Crippen LogP contribution in [0, 0.1) is 5.92 Å². The summed E-state index contributed by atoms with van der Waals surface area (Å²) in [5.74, 6) is 3.18. The van der Waals surface area contributed by atoms with E-state index in [4.69, 9.17) is 9.47 Å². The molecule has 0 bridgehead atoms. The molecule has 0 radical (unpaired) electrons. The van der Waals surface area contributed by atoms with Crippen molar-refractivity contribution in [2.75, 3.05) is 40.3 Å². The van der Waals surface area contributed by atoms with Gasteiger partial charge >= 0.3 is 0 Å². The van der Waals surface area contributed by atoms with E-state index in [0.717, 1.165) is 36.0 Å². The van der Waals surface area contributed by atoms with Crippen LogP contribution in [-0.4, -0.2) is 63.3 Å². The summed E-state index contributed by atoms with van der Waals surface area (Å²) < 4.78 is 11.2. The summed E-state index contributed by atoms with van der Waals surface area (Å²) in [6, 6.07) is 8.57. The summed E-state index contributed by atoms with van der Waals surface area (Å²) in [4.78, 5) is 6.97. The molecule has 3 rings (SSSR count). The topological polar surface area (TPSA) is 58.1 Å². The molecule has 2 unspecified atom stereocenters. The number of hydrogen-bond acceptors (Lipinski definition) is 4. The Balaban J connectivity index is 0.00000261. The van der Waals surface area contributed by atoms with Crippen LogP contribution in [0.2, 0.25) is 0 Å². The van der Waals surface area contributed by atoms with Crippen molar-refractivity contribution in [1.29, 1.82) is 0 Å². The van der Waals surface area contributed by atoms with Crippen LogP contribution < -0.4 is 20.1 Å². The van der Waals surface area contributed by atoms with Gasteiger partial charge in [-0.15, -0.1) is 24.0 Å². The van der Waals surface area contributed by atoms with Crippen LogP contribution in [0.5, 0.6) is 11.5 Å². The highest BCUT2D eigenvalue weighted by molar-refractivity contribution is 14.0. The van der Waals surface area contributed by atoms with Crippen LogP contribution in [-0.2, 0) is 0 Å². The van der Waals surface area contributed by atoms with Crippen LogP contribution in [0.4, 0.5) is 0 Å². The van der Waals surface area contributed by atoms with E-state index in [1.54, 1.807) is 7.11 Å². The minimum absolute atomic E-state index is 0. The fraction of sp³-hybridized carbons (Fsp3) is 0.650. The van der Waals surface area contributed by atoms with Gasteiger partial charge in [-0.25, -0.2) is 0 Å². The number of aliphatic imine (C=N–C) groups is 1. The molecule has 1 heterocycles. The van der Waals surface area contributed by atoms with E-state index >= 15 is 0 Å². The summed E-state index contributed by atoms with van der Waals surface area (Å²) in [7, 11) is 3.47. The second-order valence-corrected chi connectivity index (χ2v) is 7.32. The Labute approximate surface area is 180 Å². The minimum atomic E-state index is 0. The van der Waals surface area contributed by atoms with Crippen LogP contribution in [0.15, 0.2) is 29.3 Å². The fourth-order valence-corrected chi connectivity index (χ4v) is 3.45. The Morgan fingerprint density at radius 3 is 2.74 bits per heavy atom. The van der Waals surface area contributed by atoms with Crippen molar-refractivity contribution >= 4 is 29.9 Å². The lowest BCUT2D eigenvalue weighted by atomic mass is 10.1. The van der Waals surface area contributed by atoms with E-state index < -0.39 is 0 Å². The molecule has 1 aromatic carbocycles. The van der Waals surface area contributed by atoms with E-state index in [1.807, 2.05) is 38.2 Å². The summed E-state index contributed by atoms with van der Waals surface area (Å²) in [5.41, 5.74) is 0. The van der Waals surface area contributed by atoms with E-state index in [1.165, 1.54) is 32.4 Å². The maximum absolute atomic E-state index is 5.95. The number of hydrogen-bond donors (Lipinski definition) is 2. The van der Waals surface area contributed by atoms with Gasteiger partial charge in [-0.1, -0.05) is 6.07 Å². The third-order valence-corrected chi connectivity index (χ3v) is 5.10. The second kappa shape index (κ2) is 10.9. The second-order valence-electron chi connectivity index (χ2n) is 7.32. The molecule has 1 saturated carbocycles. The Morgan fingerprint density at radius 1 is 1.26 bits per heavy atom. The summed E-state index contributed by atoms with van der Waals surface area (Å²) in [5, 5.41) is 6.82. The van der Waals surface area contributed by atoms with Crippen molar-refractivity contribution < 1.29 is 9.47 Å². The molecule has 1 aromatic rings. The van der Waals surface area contributed by atoms with Gasteiger partial charge in [-0.05, 0) is 50.8 Å². The quantitative estimate of drug-likeness (QED) is 0.335. The highest BCUT2D eigenvalue weighted by atomic mass is 127. The molecular weight excluding hydrogens is 455 g/mol. The molecule has 7 heteroatoms. The first-order chi connectivity index (χ1) is 12.7. The molecule has 0 amide bonds. The Kier molecular flexibility index (Phi) is 8.95. The van der Waals surface area contributed by atoms with Gasteiger partial charge in [-0.3, -0.25) is 4.99 Å². The van der Waals surface area contributed by atoms with Crippen molar-refractivity contribution in [1.82, 2.24) is 15.5 Å². The molecule has 2 fully saturated rings. The molecule has 2 N–H and O–H groups in total. The zero-order valence-electron chi connectivity index (χ0n) is 16.6. The molecule has 27 heavy (non-hydrogen) atoms. The smallest absolute Gasteiger partial charge is 0.191 e. The zero-order chi connectivity index (χ0) is 18.4. The lowest BCUT2D eigenvalue weighted by molar-refractivity contribution is 0.223. The molecule has 152 valence electrons. The van der Waals surface area contributed by atoms with Crippen LogP contribution in [0.3, 0.4) is 0 Å². The summed E-state index contributed by atoms with van der Waals surface area (Å²) >= 11 is 0. The summed E-state index contributed by atoms with van der Waals surface area (Å²) in [6.07, 6.45) is 4.11. The van der Waals surface area contributed by atoms with Crippen LogP contribution >= 0.6 is 24.0 Å². The van der Waals surface area contributed by atoms with Gasteiger partial charge in [0.25, 0.3) is 0 Å². The average molecular weight is 488 g/mol. The normalized spacial score (nSPS) is 21.3. The molecule has 2 aliphatic rings. The highest BCUT2D eigenvalue weighted by Crippen LogP contribution is 2.31. The number of benzene rings is 1. The lowest BCUT2D eigenvalue weighted by Crippen LogP contribution is -2.43. The standard InChI is InChI=1S/C20H32N4O2.HI/c1-15(26-19-6-4-5-18(11-19)25-3)12-22-20(21-2)23-13-16-9-10-24(14-16)17-7-8-17;/h4-6,11,15-17H,7-10,12-14H2,1-3H3,(H2,21,22,23);1H. The molecule has 6 nitrogen and oxygen atoms in total. The number of halogens is 1. The predicted molar refractivity (Wildman–Crippen MR) is 121 cm³/mol. The zero-order valence-corrected chi connectivity index (χ0v) is 18.9. The molecule has 0 aromatic heterocycles. The number of likely N-dealkylation sites (tertiary alicyclic amines) is 1. The van der Waals surface area contributed by atoms with Crippen molar-refractivity contribution in [3.63, 3.8) is 0 Å². The minimum Gasteiger partial charge on any atom is -0.497 e. The summed E-state index contributed by atoms with van der Waals surface area (Å²) in [6.45, 7) is 6.20. The molecule has 0 spiro atoms. The number of ether oxygens (including phenoxy) is 2. The monoisotopic (exact) mass is 488 g/mol. The van der Waals surface area contributed by atoms with Crippen molar-refractivity contribution in [3.05, 3.63) is 24.3 Å². The van der Waals surface area contributed by atoms with Gasteiger partial charge in [0.2, 0.25) is 0 Å².